The molecule has 1 aliphatic heterocycles. The molecule has 0 spiro atoms. The van der Waals surface area contributed by atoms with Crippen molar-refractivity contribution in [3.8, 4) is 0 Å². The van der Waals surface area contributed by atoms with Crippen LogP contribution in [0.2, 0.25) is 0 Å². The molecule has 0 bridgehead atoms. The van der Waals surface area contributed by atoms with Crippen LogP contribution in [-0.4, -0.2) is 35.7 Å². The molecule has 0 saturated carbocycles. The Hall–Kier alpha value is -0.0800. The zero-order valence-electron chi connectivity index (χ0n) is 7.58. The van der Waals surface area contributed by atoms with Crippen molar-refractivity contribution in [2.24, 2.45) is 5.92 Å². The van der Waals surface area contributed by atoms with E-state index in [2.05, 4.69) is 18.7 Å². The molecule has 1 heterocycles. The third kappa shape index (κ3) is 2.46. The van der Waals surface area contributed by atoms with E-state index in [4.69, 9.17) is 5.11 Å². The molecule has 1 fully saturated rings. The molecule has 0 aromatic carbocycles. The molecule has 0 radical (unpaired) electrons. The fraction of sp³-hybridized carbons (Fsp3) is 1.00. The van der Waals surface area contributed by atoms with Crippen LogP contribution in [0.4, 0.5) is 0 Å². The first kappa shape index (κ1) is 9.01. The van der Waals surface area contributed by atoms with Crippen molar-refractivity contribution >= 4 is 0 Å². The summed E-state index contributed by atoms with van der Waals surface area (Å²) in [7, 11) is 0. The molecule has 1 saturated heterocycles. The highest BCUT2D eigenvalue weighted by molar-refractivity contribution is 4.78. The van der Waals surface area contributed by atoms with Gasteiger partial charge in [-0.05, 0) is 25.3 Å². The van der Waals surface area contributed by atoms with Crippen LogP contribution in [0.1, 0.15) is 26.7 Å². The number of likely N-dealkylation sites (tertiary alicyclic amines) is 1. The summed E-state index contributed by atoms with van der Waals surface area (Å²) in [6.45, 7) is 7.13. The molecule has 2 heteroatoms. The van der Waals surface area contributed by atoms with Crippen LogP contribution >= 0.6 is 0 Å². The zero-order valence-corrected chi connectivity index (χ0v) is 7.58. The third-order valence-corrected chi connectivity index (χ3v) is 2.31. The number of nitrogens with zero attached hydrogens (tertiary/aromatic N) is 1. The molecule has 66 valence electrons. The Morgan fingerprint density at radius 2 is 2.27 bits per heavy atom. The van der Waals surface area contributed by atoms with E-state index < -0.39 is 0 Å². The largest absolute Gasteiger partial charge is 0.395 e. The van der Waals surface area contributed by atoms with Gasteiger partial charge in [-0.25, -0.2) is 0 Å². The Labute approximate surface area is 69.2 Å². The van der Waals surface area contributed by atoms with E-state index in [0.29, 0.717) is 12.6 Å². The van der Waals surface area contributed by atoms with Crippen LogP contribution in [0.25, 0.3) is 0 Å². The Bertz CT molecular complexity index is 114. The van der Waals surface area contributed by atoms with E-state index in [1.54, 1.807) is 0 Å². The van der Waals surface area contributed by atoms with E-state index in [9.17, 15) is 0 Å². The van der Waals surface area contributed by atoms with Crippen molar-refractivity contribution < 1.29 is 5.11 Å². The molecule has 1 N–H and O–H groups in total. The van der Waals surface area contributed by atoms with Crippen molar-refractivity contribution in [1.29, 1.82) is 0 Å². The molecular formula is C9H19NO. The van der Waals surface area contributed by atoms with Crippen LogP contribution in [0, 0.1) is 5.92 Å². The van der Waals surface area contributed by atoms with Gasteiger partial charge in [-0.1, -0.05) is 13.8 Å². The van der Waals surface area contributed by atoms with Crippen molar-refractivity contribution in [2.45, 2.75) is 32.7 Å². The van der Waals surface area contributed by atoms with Crippen LogP contribution in [0.5, 0.6) is 0 Å². The van der Waals surface area contributed by atoms with Gasteiger partial charge in [0.05, 0.1) is 6.61 Å². The highest BCUT2D eigenvalue weighted by Gasteiger charge is 2.23. The monoisotopic (exact) mass is 157 g/mol. The molecule has 0 aliphatic carbocycles. The van der Waals surface area contributed by atoms with Crippen LogP contribution in [0.3, 0.4) is 0 Å². The summed E-state index contributed by atoms with van der Waals surface area (Å²) in [6, 6.07) is 0.456. The number of hydrogen-bond donors (Lipinski definition) is 1. The average Bonchev–Trinajstić information content (AvgIpc) is 2.34. The quantitative estimate of drug-likeness (QED) is 0.663. The summed E-state index contributed by atoms with van der Waals surface area (Å²) in [6.07, 6.45) is 2.45. The van der Waals surface area contributed by atoms with Gasteiger partial charge in [0, 0.05) is 12.6 Å². The Morgan fingerprint density at radius 3 is 2.82 bits per heavy atom. The highest BCUT2D eigenvalue weighted by Crippen LogP contribution is 2.17. The molecule has 0 aromatic rings. The van der Waals surface area contributed by atoms with E-state index in [1.807, 2.05) is 0 Å². The summed E-state index contributed by atoms with van der Waals surface area (Å²) in [5.74, 6) is 0.724. The molecule has 11 heavy (non-hydrogen) atoms. The van der Waals surface area contributed by atoms with Gasteiger partial charge in [0.2, 0.25) is 0 Å². The summed E-state index contributed by atoms with van der Waals surface area (Å²) >= 11 is 0. The Balaban J connectivity index is 2.31. The molecule has 2 nitrogen and oxygen atoms in total. The van der Waals surface area contributed by atoms with E-state index in [-0.39, 0.29) is 0 Å². The maximum absolute atomic E-state index is 9.01. The molecular weight excluding hydrogens is 138 g/mol. The minimum Gasteiger partial charge on any atom is -0.395 e. The normalized spacial score (nSPS) is 26.7. The number of aliphatic hydroxyl groups is 1. The third-order valence-electron chi connectivity index (χ3n) is 2.31. The molecule has 1 unspecified atom stereocenters. The van der Waals surface area contributed by atoms with Crippen LogP contribution in [0.15, 0.2) is 0 Å². The van der Waals surface area contributed by atoms with Crippen molar-refractivity contribution in [3.63, 3.8) is 0 Å². The van der Waals surface area contributed by atoms with E-state index in [1.165, 1.54) is 19.4 Å². The van der Waals surface area contributed by atoms with Gasteiger partial charge in [-0.3, -0.25) is 4.90 Å². The van der Waals surface area contributed by atoms with Gasteiger partial charge >= 0.3 is 0 Å². The summed E-state index contributed by atoms with van der Waals surface area (Å²) in [5.41, 5.74) is 0. The number of rotatable bonds is 3. The molecule has 0 aromatic heterocycles. The lowest BCUT2D eigenvalue weighted by molar-refractivity contribution is 0.147. The second-order valence-corrected chi connectivity index (χ2v) is 3.87. The predicted octanol–water partition coefficient (Wildman–Crippen LogP) is 1.10. The maximum atomic E-state index is 9.01. The molecule has 1 atom stereocenters. The number of aliphatic hydroxyl groups excluding tert-OH is 1. The Kier molecular flexibility index (Phi) is 3.34. The summed E-state index contributed by atoms with van der Waals surface area (Å²) in [5, 5.41) is 9.01. The van der Waals surface area contributed by atoms with Crippen molar-refractivity contribution in [1.82, 2.24) is 4.90 Å². The summed E-state index contributed by atoms with van der Waals surface area (Å²) < 4.78 is 0. The smallest absolute Gasteiger partial charge is 0.0586 e. The SMILES string of the molecule is CC(C)CN1CCCC1CO. The first-order chi connectivity index (χ1) is 5.24. The lowest BCUT2D eigenvalue weighted by atomic mass is 10.2. The van der Waals surface area contributed by atoms with Gasteiger partial charge < -0.3 is 5.11 Å². The Morgan fingerprint density at radius 1 is 1.55 bits per heavy atom. The van der Waals surface area contributed by atoms with Crippen LogP contribution < -0.4 is 0 Å². The van der Waals surface area contributed by atoms with Gasteiger partial charge in [0.25, 0.3) is 0 Å². The summed E-state index contributed by atoms with van der Waals surface area (Å²) in [4.78, 5) is 2.41. The maximum Gasteiger partial charge on any atom is 0.0586 e. The minimum absolute atomic E-state index is 0.340. The average molecular weight is 157 g/mol. The predicted molar refractivity (Wildman–Crippen MR) is 46.5 cm³/mol. The number of hydrogen-bond acceptors (Lipinski definition) is 2. The molecule has 0 amide bonds. The van der Waals surface area contributed by atoms with Crippen molar-refractivity contribution in [3.05, 3.63) is 0 Å². The fourth-order valence-electron chi connectivity index (χ4n) is 1.81. The van der Waals surface area contributed by atoms with E-state index in [0.717, 1.165) is 12.5 Å². The second kappa shape index (κ2) is 4.07. The highest BCUT2D eigenvalue weighted by atomic mass is 16.3. The van der Waals surface area contributed by atoms with Gasteiger partial charge in [-0.2, -0.15) is 0 Å². The van der Waals surface area contributed by atoms with E-state index >= 15 is 0 Å². The van der Waals surface area contributed by atoms with Gasteiger partial charge in [-0.15, -0.1) is 0 Å². The zero-order chi connectivity index (χ0) is 8.27. The fourth-order valence-corrected chi connectivity index (χ4v) is 1.81. The standard InChI is InChI=1S/C9H19NO/c1-8(2)6-10-5-3-4-9(10)7-11/h8-9,11H,3-7H2,1-2H3. The van der Waals surface area contributed by atoms with Crippen LogP contribution in [-0.2, 0) is 0 Å². The van der Waals surface area contributed by atoms with Gasteiger partial charge in [0.1, 0.15) is 0 Å². The first-order valence-electron chi connectivity index (χ1n) is 4.59. The first-order valence-corrected chi connectivity index (χ1v) is 4.59. The second-order valence-electron chi connectivity index (χ2n) is 3.87. The topological polar surface area (TPSA) is 23.5 Å². The van der Waals surface area contributed by atoms with Gasteiger partial charge in [0.15, 0.2) is 0 Å². The molecule has 1 rings (SSSR count). The lowest BCUT2D eigenvalue weighted by Gasteiger charge is -2.24. The minimum atomic E-state index is 0.340. The molecule has 1 aliphatic rings. The van der Waals surface area contributed by atoms with Crippen molar-refractivity contribution in [2.75, 3.05) is 19.7 Å². The lowest BCUT2D eigenvalue weighted by Crippen LogP contribution is -2.34.